The Balaban J connectivity index is 4.54. The molecule has 1 N–H and O–H groups in total. The quantitative estimate of drug-likeness (QED) is 0.622. The van der Waals surface area contributed by atoms with Crippen LogP contribution in [0.15, 0.2) is 0 Å². The van der Waals surface area contributed by atoms with Crippen LogP contribution < -0.4 is 0 Å². The minimum atomic E-state index is -6.04. The lowest BCUT2D eigenvalue weighted by Crippen LogP contribution is -2.39. The van der Waals surface area contributed by atoms with Gasteiger partial charge >= 0.3 is 21.5 Å². The molecule has 0 spiro atoms. The van der Waals surface area contributed by atoms with Gasteiger partial charge in [0.1, 0.15) is 0 Å². The molecule has 0 radical (unpaired) electrons. The van der Waals surface area contributed by atoms with Gasteiger partial charge in [0.25, 0.3) is 0 Å². The lowest BCUT2D eigenvalue weighted by atomic mass is 10.2. The van der Waals surface area contributed by atoms with Crippen molar-refractivity contribution < 1.29 is 39.3 Å². The predicted octanol–water partition coefficient (Wildman–Crippen LogP) is 2.15. The highest BCUT2D eigenvalue weighted by molar-refractivity contribution is 7.86. The molecule has 0 aromatic rings. The second kappa shape index (κ2) is 4.16. The van der Waals surface area contributed by atoms with Crippen molar-refractivity contribution >= 4 is 10.1 Å². The minimum Gasteiger partial charge on any atom is -0.281 e. The van der Waals surface area contributed by atoms with Gasteiger partial charge in [0.15, 0.2) is 6.17 Å². The number of hydrogen-bond acceptors (Lipinski definition) is 2. The van der Waals surface area contributed by atoms with Crippen LogP contribution in [0, 0.1) is 0 Å². The summed E-state index contributed by atoms with van der Waals surface area (Å²) in [6, 6.07) is 0. The van der Waals surface area contributed by atoms with E-state index in [1.807, 2.05) is 0 Å². The first-order valence-electron chi connectivity index (χ1n) is 3.43. The predicted molar refractivity (Wildman–Crippen MR) is 36.7 cm³/mol. The van der Waals surface area contributed by atoms with Gasteiger partial charge in [0.2, 0.25) is 0 Å². The van der Waals surface area contributed by atoms with Crippen LogP contribution in [-0.4, -0.2) is 30.6 Å². The third kappa shape index (κ3) is 4.24. The summed E-state index contributed by atoms with van der Waals surface area (Å²) in [4.78, 5) is 0. The van der Waals surface area contributed by atoms with Crippen molar-refractivity contribution in [3.05, 3.63) is 0 Å². The van der Waals surface area contributed by atoms with Crippen molar-refractivity contribution in [2.45, 2.75) is 30.4 Å². The first-order valence-corrected chi connectivity index (χ1v) is 4.87. The molecule has 0 aliphatic carbocycles. The Hall–Kier alpha value is -0.510. The van der Waals surface area contributed by atoms with E-state index in [0.29, 0.717) is 0 Å². The Morgan fingerprint density at radius 3 is 1.80 bits per heavy atom. The summed E-state index contributed by atoms with van der Waals surface area (Å²) in [6.07, 6.45) is -12.1. The van der Waals surface area contributed by atoms with Gasteiger partial charge in [-0.1, -0.05) is 0 Å². The smallest absolute Gasteiger partial charge is 0.281 e. The van der Waals surface area contributed by atoms with E-state index >= 15 is 0 Å². The summed E-state index contributed by atoms with van der Waals surface area (Å²) in [5.74, 6) is 0. The molecule has 10 heteroatoms. The molecule has 1 atom stereocenters. The lowest BCUT2D eigenvalue weighted by molar-refractivity contribution is -0.142. The van der Waals surface area contributed by atoms with Crippen molar-refractivity contribution in [3.63, 3.8) is 0 Å². The van der Waals surface area contributed by atoms with Gasteiger partial charge in [-0.25, -0.2) is 4.39 Å². The summed E-state index contributed by atoms with van der Waals surface area (Å²) < 4.78 is 99.1. The van der Waals surface area contributed by atoms with Gasteiger partial charge < -0.3 is 0 Å². The zero-order valence-electron chi connectivity index (χ0n) is 6.93. The number of hydrogen-bond donors (Lipinski definition) is 1. The van der Waals surface area contributed by atoms with Crippen LogP contribution in [0.2, 0.25) is 0 Å². The average Bonchev–Trinajstić information content (AvgIpc) is 1.96. The Kier molecular flexibility index (Phi) is 4.02. The van der Waals surface area contributed by atoms with Crippen molar-refractivity contribution in [3.8, 4) is 0 Å². The molecule has 0 amide bonds. The summed E-state index contributed by atoms with van der Waals surface area (Å²) >= 11 is 0. The van der Waals surface area contributed by atoms with Crippen LogP contribution >= 0.6 is 0 Å². The molecule has 0 aromatic heterocycles. The van der Waals surface area contributed by atoms with E-state index in [2.05, 4.69) is 0 Å². The van der Waals surface area contributed by atoms with Gasteiger partial charge in [0.05, 0.1) is 0 Å². The molecular formula is C5H6F6O3S. The summed E-state index contributed by atoms with van der Waals surface area (Å²) in [5.41, 5.74) is 0. The van der Waals surface area contributed by atoms with Crippen LogP contribution in [-0.2, 0) is 10.1 Å². The Labute approximate surface area is 80.8 Å². The van der Waals surface area contributed by atoms with Crippen molar-refractivity contribution in [2.75, 3.05) is 0 Å². The number of alkyl halides is 6. The standard InChI is InChI=1S/C5H6F6O3S/c6-3(1-2-4(7,8)9)5(10,11)15(12,13)14/h3H,1-2H2,(H,12,13,14). The van der Waals surface area contributed by atoms with Gasteiger partial charge in [0, 0.05) is 6.42 Å². The number of rotatable bonds is 4. The van der Waals surface area contributed by atoms with Crippen LogP contribution in [0.25, 0.3) is 0 Å². The molecule has 0 aliphatic rings. The fourth-order valence-corrected chi connectivity index (χ4v) is 1.06. The van der Waals surface area contributed by atoms with Crippen LogP contribution in [0.1, 0.15) is 12.8 Å². The molecule has 1 unspecified atom stereocenters. The highest BCUT2D eigenvalue weighted by Crippen LogP contribution is 2.33. The molecule has 0 saturated carbocycles. The third-order valence-corrected chi connectivity index (χ3v) is 2.33. The van der Waals surface area contributed by atoms with Gasteiger partial charge in [-0.15, -0.1) is 0 Å². The van der Waals surface area contributed by atoms with E-state index in [0.717, 1.165) is 0 Å². The van der Waals surface area contributed by atoms with Gasteiger partial charge in [-0.2, -0.15) is 30.4 Å². The second-order valence-corrected chi connectivity index (χ2v) is 4.15. The first-order chi connectivity index (χ1) is 6.38. The fraction of sp³-hybridized carbons (Fsp3) is 1.00. The topological polar surface area (TPSA) is 54.4 Å². The highest BCUT2D eigenvalue weighted by Gasteiger charge is 2.53. The zero-order chi connectivity index (χ0) is 12.5. The van der Waals surface area contributed by atoms with E-state index in [1.165, 1.54) is 0 Å². The summed E-state index contributed by atoms with van der Waals surface area (Å²) in [6.45, 7) is 0. The third-order valence-electron chi connectivity index (χ3n) is 1.39. The Morgan fingerprint density at radius 1 is 1.13 bits per heavy atom. The SMILES string of the molecule is O=S(=O)(O)C(F)(F)C(F)CCC(F)(F)F. The zero-order valence-corrected chi connectivity index (χ0v) is 7.75. The van der Waals surface area contributed by atoms with Gasteiger partial charge in [-0.05, 0) is 6.42 Å². The van der Waals surface area contributed by atoms with Gasteiger partial charge in [-0.3, -0.25) is 4.55 Å². The van der Waals surface area contributed by atoms with E-state index in [1.54, 1.807) is 0 Å². The maximum absolute atomic E-state index is 12.4. The van der Waals surface area contributed by atoms with Crippen molar-refractivity contribution in [1.29, 1.82) is 0 Å². The molecule has 0 rings (SSSR count). The highest BCUT2D eigenvalue weighted by atomic mass is 32.2. The summed E-state index contributed by atoms with van der Waals surface area (Å²) in [5, 5.41) is -5.22. The van der Waals surface area contributed by atoms with E-state index in [-0.39, 0.29) is 0 Å². The molecule has 0 heterocycles. The lowest BCUT2D eigenvalue weighted by Gasteiger charge is -2.17. The fourth-order valence-electron chi connectivity index (χ4n) is 0.620. The van der Waals surface area contributed by atoms with E-state index < -0.39 is 40.6 Å². The molecule has 0 saturated heterocycles. The molecule has 0 aromatic carbocycles. The van der Waals surface area contributed by atoms with Crippen LogP contribution in [0.3, 0.4) is 0 Å². The van der Waals surface area contributed by atoms with Crippen LogP contribution in [0.5, 0.6) is 0 Å². The summed E-state index contributed by atoms with van der Waals surface area (Å²) in [7, 11) is -6.04. The second-order valence-electron chi connectivity index (χ2n) is 2.66. The maximum atomic E-state index is 12.4. The first kappa shape index (κ1) is 14.5. The maximum Gasteiger partial charge on any atom is 0.400 e. The molecule has 0 fully saturated rings. The van der Waals surface area contributed by atoms with Crippen LogP contribution in [0.4, 0.5) is 26.3 Å². The average molecular weight is 260 g/mol. The molecule has 3 nitrogen and oxygen atoms in total. The number of halogens is 6. The van der Waals surface area contributed by atoms with E-state index in [9.17, 15) is 34.8 Å². The van der Waals surface area contributed by atoms with Crippen molar-refractivity contribution in [1.82, 2.24) is 0 Å². The molecule has 0 aliphatic heterocycles. The molecule has 92 valence electrons. The Bertz CT molecular complexity index is 307. The normalized spacial score (nSPS) is 16.5. The van der Waals surface area contributed by atoms with E-state index in [4.69, 9.17) is 4.55 Å². The Morgan fingerprint density at radius 2 is 1.53 bits per heavy atom. The molecule has 0 bridgehead atoms. The molecule has 15 heavy (non-hydrogen) atoms. The minimum absolute atomic E-state index is 1.74. The largest absolute Gasteiger partial charge is 0.400 e. The molecular weight excluding hydrogens is 254 g/mol. The monoisotopic (exact) mass is 260 g/mol. The van der Waals surface area contributed by atoms with Crippen molar-refractivity contribution in [2.24, 2.45) is 0 Å².